The topological polar surface area (TPSA) is 86.3 Å². The molecule has 0 N–H and O–H groups in total. The zero-order valence-electron chi connectivity index (χ0n) is 14.9. The summed E-state index contributed by atoms with van der Waals surface area (Å²) in [6.07, 6.45) is 22.1. The Balaban J connectivity index is 1.89. The molecule has 4 bridgehead atoms. The number of allylic oxidation sites excluding steroid dienone is 18. The van der Waals surface area contributed by atoms with Gasteiger partial charge in [-0.3, -0.25) is 20.2 Å². The molecule has 0 atom stereocenters. The summed E-state index contributed by atoms with van der Waals surface area (Å²) in [6.45, 7) is 0. The SMILES string of the molecule is O=[N+]([O-])C1=CC=C(C2=CC=C([N+](=O)[O-])C3=CC=CC=C2C3)C2=CC=CC=C1C2. The lowest BCUT2D eigenvalue weighted by Crippen LogP contribution is -2.03. The molecule has 0 saturated heterocycles. The molecule has 6 nitrogen and oxygen atoms in total. The summed E-state index contributed by atoms with van der Waals surface area (Å²) in [5.41, 5.74) is 4.99. The molecule has 0 unspecified atom stereocenters. The van der Waals surface area contributed by atoms with Gasteiger partial charge in [0.25, 0.3) is 11.4 Å². The van der Waals surface area contributed by atoms with Gasteiger partial charge in [0.1, 0.15) is 0 Å². The Bertz CT molecular complexity index is 1010. The van der Waals surface area contributed by atoms with Gasteiger partial charge in [-0.05, 0) is 34.4 Å². The lowest BCUT2D eigenvalue weighted by molar-refractivity contribution is -0.421. The highest BCUT2D eigenvalue weighted by Crippen LogP contribution is 2.40. The van der Waals surface area contributed by atoms with Crippen molar-refractivity contribution in [2.24, 2.45) is 0 Å². The van der Waals surface area contributed by atoms with Crippen LogP contribution in [0.2, 0.25) is 0 Å². The van der Waals surface area contributed by atoms with E-state index in [2.05, 4.69) is 0 Å². The highest BCUT2D eigenvalue weighted by molar-refractivity contribution is 5.65. The predicted molar refractivity (Wildman–Crippen MR) is 106 cm³/mol. The molecule has 0 aliphatic heterocycles. The predicted octanol–water partition coefficient (Wildman–Crippen LogP) is 4.81. The van der Waals surface area contributed by atoms with Crippen molar-refractivity contribution < 1.29 is 9.85 Å². The van der Waals surface area contributed by atoms with Crippen LogP contribution in [0, 0.1) is 20.2 Å². The summed E-state index contributed by atoms with van der Waals surface area (Å²) in [4.78, 5) is 22.2. The Morgan fingerprint density at radius 2 is 0.893 bits per heavy atom. The van der Waals surface area contributed by atoms with E-state index >= 15 is 0 Å². The average Bonchev–Trinajstić information content (AvgIpc) is 3.16. The molecule has 4 rings (SSSR count). The van der Waals surface area contributed by atoms with Gasteiger partial charge in [0.05, 0.1) is 9.85 Å². The molecule has 0 amide bonds. The monoisotopic (exact) mass is 372 g/mol. The molecule has 0 aromatic heterocycles. The third-order valence-electron chi connectivity index (χ3n) is 5.02. The van der Waals surface area contributed by atoms with Crippen molar-refractivity contribution in [3.05, 3.63) is 138 Å². The maximum absolute atomic E-state index is 11.5. The van der Waals surface area contributed by atoms with Gasteiger partial charge >= 0.3 is 0 Å². The lowest BCUT2D eigenvalue weighted by atomic mass is 9.87. The van der Waals surface area contributed by atoms with Gasteiger partial charge in [-0.25, -0.2) is 0 Å². The van der Waals surface area contributed by atoms with Crippen molar-refractivity contribution in [1.82, 2.24) is 0 Å². The summed E-state index contributed by atoms with van der Waals surface area (Å²) >= 11 is 0. The van der Waals surface area contributed by atoms with Crippen molar-refractivity contribution >= 4 is 0 Å². The van der Waals surface area contributed by atoms with E-state index in [0.717, 1.165) is 22.3 Å². The standard InChI is InChI=1S/C22H16N2O4/c25-23(26)21-11-9-19(15-5-1-3-7-17(21)13-15)20-10-12-22(24(27)28)18-8-4-2-6-16(20)14-18/h1-12H,13-14H2. The molecule has 4 aliphatic carbocycles. The van der Waals surface area contributed by atoms with Crippen molar-refractivity contribution in [3.8, 4) is 0 Å². The molecule has 138 valence electrons. The van der Waals surface area contributed by atoms with Gasteiger partial charge in [-0.1, -0.05) is 48.6 Å². The number of nitro groups is 2. The summed E-state index contributed by atoms with van der Waals surface area (Å²) in [6, 6.07) is 0. The van der Waals surface area contributed by atoms with Crippen molar-refractivity contribution in [1.29, 1.82) is 0 Å². The highest BCUT2D eigenvalue weighted by atomic mass is 16.6. The van der Waals surface area contributed by atoms with Crippen LogP contribution in [-0.2, 0) is 0 Å². The Morgan fingerprint density at radius 3 is 1.25 bits per heavy atom. The largest absolute Gasteiger partial charge is 0.272 e. The second-order valence-electron chi connectivity index (χ2n) is 6.67. The molecular weight excluding hydrogens is 356 g/mol. The van der Waals surface area contributed by atoms with Gasteiger partial charge in [0.2, 0.25) is 0 Å². The molecule has 0 heterocycles. The van der Waals surface area contributed by atoms with E-state index in [1.807, 2.05) is 24.3 Å². The first kappa shape index (κ1) is 17.6. The maximum atomic E-state index is 11.5. The molecule has 0 aromatic rings. The lowest BCUT2D eigenvalue weighted by Gasteiger charge is -2.16. The van der Waals surface area contributed by atoms with Crippen LogP contribution in [0.1, 0.15) is 12.8 Å². The smallest absolute Gasteiger partial charge is 0.258 e. The molecule has 0 saturated carbocycles. The molecular formula is C22H16N2O4. The summed E-state index contributed by atoms with van der Waals surface area (Å²) in [5, 5.41) is 23.0. The Morgan fingerprint density at radius 1 is 0.536 bits per heavy atom. The fraction of sp³-hybridized carbons (Fsp3) is 0.0909. The third-order valence-corrected chi connectivity index (χ3v) is 5.02. The van der Waals surface area contributed by atoms with Crippen LogP contribution >= 0.6 is 0 Å². The van der Waals surface area contributed by atoms with Gasteiger partial charge in [-0.2, -0.15) is 0 Å². The van der Waals surface area contributed by atoms with Gasteiger partial charge in [-0.15, -0.1) is 0 Å². The van der Waals surface area contributed by atoms with E-state index in [1.54, 1.807) is 36.5 Å². The minimum atomic E-state index is -0.372. The number of nitrogens with zero attached hydrogens (tertiary/aromatic N) is 2. The van der Waals surface area contributed by atoms with Crippen molar-refractivity contribution in [2.75, 3.05) is 0 Å². The molecule has 0 radical (unpaired) electrons. The van der Waals surface area contributed by atoms with Gasteiger partial charge in [0, 0.05) is 36.1 Å². The van der Waals surface area contributed by atoms with Crippen molar-refractivity contribution in [2.45, 2.75) is 12.8 Å². The molecule has 0 aromatic carbocycles. The average molecular weight is 372 g/mol. The summed E-state index contributed by atoms with van der Waals surface area (Å²) in [5.74, 6) is 0. The van der Waals surface area contributed by atoms with Crippen LogP contribution in [0.15, 0.2) is 118 Å². The minimum Gasteiger partial charge on any atom is -0.258 e. The number of fused-ring (bicyclic) bond motifs is 4. The molecule has 6 heteroatoms. The van der Waals surface area contributed by atoms with Gasteiger partial charge in [0.15, 0.2) is 0 Å². The molecule has 4 aliphatic rings. The first-order valence-corrected chi connectivity index (χ1v) is 8.82. The van der Waals surface area contributed by atoms with E-state index in [-0.39, 0.29) is 21.2 Å². The fourth-order valence-electron chi connectivity index (χ4n) is 3.69. The first-order chi connectivity index (χ1) is 13.5. The first-order valence-electron chi connectivity index (χ1n) is 8.82. The second-order valence-corrected chi connectivity index (χ2v) is 6.67. The van der Waals surface area contributed by atoms with Crippen molar-refractivity contribution in [3.63, 3.8) is 0 Å². The Kier molecular flexibility index (Phi) is 4.45. The van der Waals surface area contributed by atoms with Crippen LogP contribution in [0.3, 0.4) is 0 Å². The van der Waals surface area contributed by atoms with Gasteiger partial charge < -0.3 is 0 Å². The van der Waals surface area contributed by atoms with E-state index in [0.29, 0.717) is 24.0 Å². The zero-order valence-corrected chi connectivity index (χ0v) is 14.9. The van der Waals surface area contributed by atoms with Crippen LogP contribution in [0.25, 0.3) is 0 Å². The fourth-order valence-corrected chi connectivity index (χ4v) is 3.69. The quantitative estimate of drug-likeness (QED) is 0.525. The number of hydrogen-bond acceptors (Lipinski definition) is 4. The molecule has 0 fully saturated rings. The minimum absolute atomic E-state index is 0.0681. The Hall–Kier alpha value is -3.80. The third kappa shape index (κ3) is 3.16. The molecule has 28 heavy (non-hydrogen) atoms. The summed E-state index contributed by atoms with van der Waals surface area (Å²) < 4.78 is 0. The van der Waals surface area contributed by atoms with E-state index in [9.17, 15) is 20.2 Å². The van der Waals surface area contributed by atoms with E-state index in [4.69, 9.17) is 0 Å². The normalized spacial score (nSPS) is 20.4. The van der Waals surface area contributed by atoms with Crippen LogP contribution in [0.4, 0.5) is 0 Å². The van der Waals surface area contributed by atoms with Crippen LogP contribution in [-0.4, -0.2) is 9.85 Å². The number of rotatable bonds is 3. The molecule has 0 spiro atoms. The Labute approximate surface area is 161 Å². The zero-order chi connectivity index (χ0) is 19.7. The van der Waals surface area contributed by atoms with E-state index in [1.165, 1.54) is 12.2 Å². The van der Waals surface area contributed by atoms with Crippen LogP contribution < -0.4 is 0 Å². The maximum Gasteiger partial charge on any atom is 0.272 e. The second kappa shape index (κ2) is 7.08. The highest BCUT2D eigenvalue weighted by Gasteiger charge is 2.28. The van der Waals surface area contributed by atoms with Crippen LogP contribution in [0.5, 0.6) is 0 Å². The summed E-state index contributed by atoms with van der Waals surface area (Å²) in [7, 11) is 0. The van der Waals surface area contributed by atoms with E-state index < -0.39 is 0 Å². The number of hydrogen-bond donors (Lipinski definition) is 0.